The van der Waals surface area contributed by atoms with E-state index < -0.39 is 0 Å². The molecule has 22 heavy (non-hydrogen) atoms. The second-order valence-corrected chi connectivity index (χ2v) is 5.31. The Bertz CT molecular complexity index is 732. The van der Waals surface area contributed by atoms with E-state index in [1.807, 2.05) is 60.7 Å². The number of aliphatic hydroxyl groups is 1. The Labute approximate surface area is 128 Å². The summed E-state index contributed by atoms with van der Waals surface area (Å²) in [5, 5.41) is 13.4. The molecule has 0 saturated heterocycles. The van der Waals surface area contributed by atoms with Crippen LogP contribution in [0.2, 0.25) is 0 Å². The number of aromatic amines is 1. The van der Waals surface area contributed by atoms with Gasteiger partial charge in [-0.25, -0.2) is 0 Å². The molecule has 1 heterocycles. The molecule has 0 radical (unpaired) electrons. The number of amides is 1. The van der Waals surface area contributed by atoms with Crippen molar-refractivity contribution in [1.82, 2.24) is 10.3 Å². The number of aromatic nitrogens is 1. The standard InChI is InChI=1S/C18H18N2O2/c21-12-15(10-13-6-2-1-3-7-13)19-18(22)17-11-14-8-4-5-9-16(14)20-17/h1-9,11,15,20-21H,10,12H2,(H,19,22)/t15-/m0/s1. The number of aliphatic hydroxyl groups excluding tert-OH is 1. The number of para-hydroxylation sites is 1. The number of nitrogens with one attached hydrogen (secondary N) is 2. The van der Waals surface area contributed by atoms with E-state index in [4.69, 9.17) is 0 Å². The number of H-pyrrole nitrogens is 1. The summed E-state index contributed by atoms with van der Waals surface area (Å²) in [7, 11) is 0. The molecule has 0 bridgehead atoms. The summed E-state index contributed by atoms with van der Waals surface area (Å²) in [4.78, 5) is 15.4. The molecule has 3 rings (SSSR count). The molecular weight excluding hydrogens is 276 g/mol. The summed E-state index contributed by atoms with van der Waals surface area (Å²) >= 11 is 0. The molecule has 3 N–H and O–H groups in total. The van der Waals surface area contributed by atoms with Gasteiger partial charge in [-0.1, -0.05) is 48.5 Å². The van der Waals surface area contributed by atoms with E-state index in [0.717, 1.165) is 16.5 Å². The zero-order chi connectivity index (χ0) is 15.4. The highest BCUT2D eigenvalue weighted by Gasteiger charge is 2.15. The van der Waals surface area contributed by atoms with Gasteiger partial charge in [0.25, 0.3) is 5.91 Å². The summed E-state index contributed by atoms with van der Waals surface area (Å²) in [5.41, 5.74) is 2.52. The molecule has 4 nitrogen and oxygen atoms in total. The molecule has 0 aliphatic carbocycles. The van der Waals surface area contributed by atoms with Crippen LogP contribution in [0.4, 0.5) is 0 Å². The van der Waals surface area contributed by atoms with Crippen LogP contribution < -0.4 is 5.32 Å². The van der Waals surface area contributed by atoms with Crippen LogP contribution in [0.25, 0.3) is 10.9 Å². The molecule has 0 spiro atoms. The number of hydrogen-bond acceptors (Lipinski definition) is 2. The van der Waals surface area contributed by atoms with E-state index in [9.17, 15) is 9.90 Å². The van der Waals surface area contributed by atoms with Gasteiger partial charge in [-0.15, -0.1) is 0 Å². The molecule has 112 valence electrons. The van der Waals surface area contributed by atoms with Crippen molar-refractivity contribution in [3.8, 4) is 0 Å². The van der Waals surface area contributed by atoms with Crippen LogP contribution in [0.5, 0.6) is 0 Å². The Morgan fingerprint density at radius 1 is 1.09 bits per heavy atom. The van der Waals surface area contributed by atoms with Crippen molar-refractivity contribution in [2.24, 2.45) is 0 Å². The average Bonchev–Trinajstić information content (AvgIpc) is 2.99. The van der Waals surface area contributed by atoms with Crippen molar-refractivity contribution in [2.75, 3.05) is 6.61 Å². The maximum Gasteiger partial charge on any atom is 0.268 e. The van der Waals surface area contributed by atoms with Crippen molar-refractivity contribution in [3.63, 3.8) is 0 Å². The largest absolute Gasteiger partial charge is 0.394 e. The number of hydrogen-bond donors (Lipinski definition) is 3. The van der Waals surface area contributed by atoms with Crippen LogP contribution in [0.1, 0.15) is 16.1 Å². The van der Waals surface area contributed by atoms with Gasteiger partial charge >= 0.3 is 0 Å². The first-order valence-corrected chi connectivity index (χ1v) is 7.29. The molecule has 0 aliphatic rings. The third-order valence-electron chi connectivity index (χ3n) is 3.66. The zero-order valence-corrected chi connectivity index (χ0v) is 12.1. The summed E-state index contributed by atoms with van der Waals surface area (Å²) in [6, 6.07) is 19.1. The Morgan fingerprint density at radius 3 is 2.55 bits per heavy atom. The van der Waals surface area contributed by atoms with Crippen molar-refractivity contribution >= 4 is 16.8 Å². The molecule has 1 atom stereocenters. The molecule has 1 amide bonds. The number of carbonyl (C=O) groups excluding carboxylic acids is 1. The van der Waals surface area contributed by atoms with Gasteiger partial charge in [0, 0.05) is 10.9 Å². The van der Waals surface area contributed by atoms with E-state index in [1.54, 1.807) is 0 Å². The molecule has 4 heteroatoms. The molecule has 0 unspecified atom stereocenters. The molecule has 3 aromatic rings. The zero-order valence-electron chi connectivity index (χ0n) is 12.1. The Hall–Kier alpha value is -2.59. The van der Waals surface area contributed by atoms with E-state index >= 15 is 0 Å². The van der Waals surface area contributed by atoms with Crippen molar-refractivity contribution in [2.45, 2.75) is 12.5 Å². The van der Waals surface area contributed by atoms with Gasteiger partial charge in [0.15, 0.2) is 0 Å². The van der Waals surface area contributed by atoms with Crippen molar-refractivity contribution in [1.29, 1.82) is 0 Å². The number of carbonyl (C=O) groups is 1. The second kappa shape index (κ2) is 6.45. The molecule has 1 aromatic heterocycles. The van der Waals surface area contributed by atoms with Crippen molar-refractivity contribution in [3.05, 3.63) is 71.9 Å². The summed E-state index contributed by atoms with van der Waals surface area (Å²) in [5.74, 6) is -0.203. The maximum atomic E-state index is 12.3. The SMILES string of the molecule is O=C(N[C@H](CO)Cc1ccccc1)c1cc2ccccc2[nH]1. The van der Waals surface area contributed by atoms with Crippen LogP contribution >= 0.6 is 0 Å². The van der Waals surface area contributed by atoms with E-state index in [1.165, 1.54) is 0 Å². The predicted octanol–water partition coefficient (Wildman–Crippen LogP) is 2.50. The normalized spacial score (nSPS) is 12.2. The number of benzene rings is 2. The fraction of sp³-hybridized carbons (Fsp3) is 0.167. The topological polar surface area (TPSA) is 65.1 Å². The first-order valence-electron chi connectivity index (χ1n) is 7.29. The Balaban J connectivity index is 1.71. The molecule has 0 aliphatic heterocycles. The average molecular weight is 294 g/mol. The van der Waals surface area contributed by atoms with Gasteiger partial charge in [-0.3, -0.25) is 4.79 Å². The van der Waals surface area contributed by atoms with Crippen LogP contribution in [-0.4, -0.2) is 28.6 Å². The highest BCUT2D eigenvalue weighted by atomic mass is 16.3. The van der Waals surface area contributed by atoms with E-state index in [0.29, 0.717) is 12.1 Å². The van der Waals surface area contributed by atoms with Gasteiger partial charge < -0.3 is 15.4 Å². The highest BCUT2D eigenvalue weighted by Crippen LogP contribution is 2.14. The van der Waals surface area contributed by atoms with E-state index in [2.05, 4.69) is 10.3 Å². The minimum atomic E-state index is -0.304. The summed E-state index contributed by atoms with van der Waals surface area (Å²) < 4.78 is 0. The van der Waals surface area contributed by atoms with Gasteiger partial charge in [-0.05, 0) is 24.1 Å². The van der Waals surface area contributed by atoms with Gasteiger partial charge in [0.05, 0.1) is 12.6 Å². The Kier molecular flexibility index (Phi) is 4.21. The van der Waals surface area contributed by atoms with Gasteiger partial charge in [0.2, 0.25) is 0 Å². The lowest BCUT2D eigenvalue weighted by Gasteiger charge is -2.15. The first kappa shape index (κ1) is 14.4. The molecule has 0 fully saturated rings. The summed E-state index contributed by atoms with van der Waals surface area (Å²) in [6.45, 7) is -0.0964. The molecule has 2 aromatic carbocycles. The predicted molar refractivity (Wildman–Crippen MR) is 86.8 cm³/mol. The first-order chi connectivity index (χ1) is 10.8. The van der Waals surface area contributed by atoms with Gasteiger partial charge in [0.1, 0.15) is 5.69 Å². The minimum absolute atomic E-state index is 0.0964. The van der Waals surface area contributed by atoms with Gasteiger partial charge in [-0.2, -0.15) is 0 Å². The monoisotopic (exact) mass is 294 g/mol. The summed E-state index contributed by atoms with van der Waals surface area (Å²) in [6.07, 6.45) is 0.601. The van der Waals surface area contributed by atoms with E-state index in [-0.39, 0.29) is 18.6 Å². The van der Waals surface area contributed by atoms with Crippen molar-refractivity contribution < 1.29 is 9.90 Å². The quantitative estimate of drug-likeness (QED) is 0.677. The second-order valence-electron chi connectivity index (χ2n) is 5.31. The lowest BCUT2D eigenvalue weighted by molar-refractivity contribution is 0.0912. The van der Waals surface area contributed by atoms with Crippen LogP contribution in [0.3, 0.4) is 0 Å². The lowest BCUT2D eigenvalue weighted by atomic mass is 10.1. The Morgan fingerprint density at radius 2 is 1.82 bits per heavy atom. The number of rotatable bonds is 5. The number of fused-ring (bicyclic) bond motifs is 1. The fourth-order valence-electron chi connectivity index (χ4n) is 2.52. The molecule has 0 saturated carbocycles. The lowest BCUT2D eigenvalue weighted by Crippen LogP contribution is -2.39. The fourth-order valence-corrected chi connectivity index (χ4v) is 2.52. The third-order valence-corrected chi connectivity index (χ3v) is 3.66. The third kappa shape index (κ3) is 3.18. The highest BCUT2D eigenvalue weighted by molar-refractivity contribution is 5.98. The smallest absolute Gasteiger partial charge is 0.268 e. The minimum Gasteiger partial charge on any atom is -0.394 e. The van der Waals surface area contributed by atoms with Crippen LogP contribution in [-0.2, 0) is 6.42 Å². The van der Waals surface area contributed by atoms with Crippen LogP contribution in [0.15, 0.2) is 60.7 Å². The van der Waals surface area contributed by atoms with Crippen LogP contribution in [0, 0.1) is 0 Å². The molecular formula is C18H18N2O2. The maximum absolute atomic E-state index is 12.3.